The lowest BCUT2D eigenvalue weighted by molar-refractivity contribution is 0.276. The third-order valence-corrected chi connectivity index (χ3v) is 3.64. The molecule has 1 atom stereocenters. The van der Waals surface area contributed by atoms with Crippen LogP contribution < -0.4 is 10.1 Å². The number of nitrogens with one attached hydrogen (secondary N) is 1. The molecule has 1 unspecified atom stereocenters. The maximum absolute atomic E-state index is 8.88. The maximum atomic E-state index is 8.88. The zero-order valence-electron chi connectivity index (χ0n) is 12.2. The second-order valence-corrected chi connectivity index (χ2v) is 5.12. The Morgan fingerprint density at radius 2 is 2.00 bits per heavy atom. The van der Waals surface area contributed by atoms with Crippen molar-refractivity contribution in [1.82, 2.24) is 5.32 Å². The molecule has 0 aromatic heterocycles. The van der Waals surface area contributed by atoms with Gasteiger partial charge in [-0.25, -0.2) is 0 Å². The molecule has 2 N–H and O–H groups in total. The van der Waals surface area contributed by atoms with Crippen molar-refractivity contribution in [2.75, 3.05) is 13.7 Å². The average Bonchev–Trinajstić information content (AvgIpc) is 2.50. The Bertz CT molecular complexity index is 554. The summed E-state index contributed by atoms with van der Waals surface area (Å²) in [6.45, 7) is 3.17. The number of aliphatic hydroxyl groups is 1. The first-order chi connectivity index (χ1) is 9.76. The number of hydrogen-bond acceptors (Lipinski definition) is 3. The molecule has 2 aromatic rings. The molecule has 0 amide bonds. The molecule has 2 rings (SSSR count). The summed E-state index contributed by atoms with van der Waals surface area (Å²) in [5.74, 6) is 0.922. The molecule has 0 aliphatic heterocycles. The van der Waals surface area contributed by atoms with Gasteiger partial charge in [0, 0.05) is 24.8 Å². The summed E-state index contributed by atoms with van der Waals surface area (Å²) in [6, 6.07) is 12.9. The van der Waals surface area contributed by atoms with Crippen LogP contribution in [0.5, 0.6) is 5.75 Å². The summed E-state index contributed by atoms with van der Waals surface area (Å²) in [7, 11) is 1.71. The molecule has 3 nitrogen and oxygen atoms in total. The molecule has 0 spiro atoms. The fourth-order valence-corrected chi connectivity index (χ4v) is 2.47. The number of fused-ring (bicyclic) bond motifs is 1. The van der Waals surface area contributed by atoms with Crippen molar-refractivity contribution in [1.29, 1.82) is 0 Å². The molecule has 0 fully saturated rings. The van der Waals surface area contributed by atoms with Crippen LogP contribution in [-0.4, -0.2) is 24.9 Å². The Hall–Kier alpha value is -1.58. The van der Waals surface area contributed by atoms with Crippen LogP contribution in [0.25, 0.3) is 10.8 Å². The van der Waals surface area contributed by atoms with Crippen LogP contribution in [0.15, 0.2) is 36.4 Å². The normalized spacial score (nSPS) is 12.6. The van der Waals surface area contributed by atoms with E-state index in [4.69, 9.17) is 9.84 Å². The minimum absolute atomic E-state index is 0.254. The van der Waals surface area contributed by atoms with Gasteiger partial charge in [0.1, 0.15) is 5.75 Å². The van der Waals surface area contributed by atoms with Gasteiger partial charge in [-0.3, -0.25) is 0 Å². The summed E-state index contributed by atoms with van der Waals surface area (Å²) in [6.07, 6.45) is 1.81. The molecule has 20 heavy (non-hydrogen) atoms. The SMILES string of the molecule is COc1ccc2ccccc2c1CNC(C)CCCO. The standard InChI is InChI=1S/C17H23NO2/c1-13(6-5-11-19)18-12-16-15-8-4-3-7-14(15)9-10-17(16)20-2/h3-4,7-10,13,18-19H,5-6,11-12H2,1-2H3. The minimum atomic E-state index is 0.254. The monoisotopic (exact) mass is 273 g/mol. The van der Waals surface area contributed by atoms with Crippen molar-refractivity contribution in [3.8, 4) is 5.75 Å². The lowest BCUT2D eigenvalue weighted by Gasteiger charge is -2.17. The number of rotatable bonds is 7. The van der Waals surface area contributed by atoms with Gasteiger partial charge in [0.05, 0.1) is 7.11 Å². The minimum Gasteiger partial charge on any atom is -0.496 e. The Morgan fingerprint density at radius 1 is 1.20 bits per heavy atom. The number of methoxy groups -OCH3 is 1. The van der Waals surface area contributed by atoms with Crippen LogP contribution in [0.3, 0.4) is 0 Å². The molecule has 3 heteroatoms. The molecule has 0 saturated carbocycles. The Balaban J connectivity index is 2.18. The van der Waals surface area contributed by atoms with E-state index in [0.717, 1.165) is 25.1 Å². The van der Waals surface area contributed by atoms with Crippen molar-refractivity contribution in [2.45, 2.75) is 32.4 Å². The van der Waals surface area contributed by atoms with Gasteiger partial charge in [-0.15, -0.1) is 0 Å². The zero-order chi connectivity index (χ0) is 14.4. The molecular formula is C17H23NO2. The summed E-state index contributed by atoms with van der Waals surface area (Å²) in [4.78, 5) is 0. The van der Waals surface area contributed by atoms with Gasteiger partial charge < -0.3 is 15.2 Å². The van der Waals surface area contributed by atoms with Gasteiger partial charge in [0.2, 0.25) is 0 Å². The lowest BCUT2D eigenvalue weighted by Crippen LogP contribution is -2.26. The highest BCUT2D eigenvalue weighted by Gasteiger charge is 2.09. The van der Waals surface area contributed by atoms with Crippen molar-refractivity contribution < 1.29 is 9.84 Å². The van der Waals surface area contributed by atoms with Crippen molar-refractivity contribution in [3.63, 3.8) is 0 Å². The fraction of sp³-hybridized carbons (Fsp3) is 0.412. The topological polar surface area (TPSA) is 41.5 Å². The third-order valence-electron chi connectivity index (χ3n) is 3.64. The molecule has 0 heterocycles. The van der Waals surface area contributed by atoms with Crippen LogP contribution in [0.1, 0.15) is 25.3 Å². The Morgan fingerprint density at radius 3 is 2.75 bits per heavy atom. The van der Waals surface area contributed by atoms with E-state index in [1.165, 1.54) is 16.3 Å². The smallest absolute Gasteiger partial charge is 0.123 e. The molecule has 0 radical (unpaired) electrons. The number of benzene rings is 2. The highest BCUT2D eigenvalue weighted by Crippen LogP contribution is 2.27. The van der Waals surface area contributed by atoms with Crippen LogP contribution >= 0.6 is 0 Å². The van der Waals surface area contributed by atoms with Crippen LogP contribution in [-0.2, 0) is 6.54 Å². The van der Waals surface area contributed by atoms with Crippen LogP contribution in [0.2, 0.25) is 0 Å². The molecule has 0 aliphatic carbocycles. The number of ether oxygens (including phenoxy) is 1. The second kappa shape index (κ2) is 7.27. The molecule has 0 saturated heterocycles. The third kappa shape index (κ3) is 3.50. The van der Waals surface area contributed by atoms with Gasteiger partial charge in [0.25, 0.3) is 0 Å². The number of hydrogen-bond donors (Lipinski definition) is 2. The van der Waals surface area contributed by atoms with E-state index in [1.807, 2.05) is 6.07 Å². The van der Waals surface area contributed by atoms with E-state index >= 15 is 0 Å². The number of aliphatic hydroxyl groups excluding tert-OH is 1. The van der Waals surface area contributed by atoms with Crippen molar-refractivity contribution in [3.05, 3.63) is 42.0 Å². The van der Waals surface area contributed by atoms with Crippen LogP contribution in [0.4, 0.5) is 0 Å². The van der Waals surface area contributed by atoms with E-state index in [1.54, 1.807) is 7.11 Å². The second-order valence-electron chi connectivity index (χ2n) is 5.12. The highest BCUT2D eigenvalue weighted by atomic mass is 16.5. The molecular weight excluding hydrogens is 250 g/mol. The van der Waals surface area contributed by atoms with Crippen molar-refractivity contribution >= 4 is 10.8 Å². The molecule has 0 bridgehead atoms. The molecule has 0 aliphatic rings. The van der Waals surface area contributed by atoms with Gasteiger partial charge >= 0.3 is 0 Å². The first-order valence-corrected chi connectivity index (χ1v) is 7.15. The van der Waals surface area contributed by atoms with E-state index in [2.05, 4.69) is 42.6 Å². The summed E-state index contributed by atoms with van der Waals surface area (Å²) < 4.78 is 5.49. The summed E-state index contributed by atoms with van der Waals surface area (Å²) >= 11 is 0. The first-order valence-electron chi connectivity index (χ1n) is 7.15. The van der Waals surface area contributed by atoms with E-state index in [-0.39, 0.29) is 6.61 Å². The van der Waals surface area contributed by atoms with Gasteiger partial charge in [0.15, 0.2) is 0 Å². The van der Waals surface area contributed by atoms with E-state index < -0.39 is 0 Å². The predicted molar refractivity (Wildman–Crippen MR) is 83.1 cm³/mol. The van der Waals surface area contributed by atoms with Crippen LogP contribution in [0, 0.1) is 0 Å². The zero-order valence-corrected chi connectivity index (χ0v) is 12.2. The van der Waals surface area contributed by atoms with Gasteiger partial charge in [-0.05, 0) is 36.6 Å². The van der Waals surface area contributed by atoms with Crippen molar-refractivity contribution in [2.24, 2.45) is 0 Å². The average molecular weight is 273 g/mol. The quantitative estimate of drug-likeness (QED) is 0.814. The van der Waals surface area contributed by atoms with E-state index in [9.17, 15) is 0 Å². The largest absolute Gasteiger partial charge is 0.496 e. The molecule has 108 valence electrons. The highest BCUT2D eigenvalue weighted by molar-refractivity contribution is 5.87. The fourth-order valence-electron chi connectivity index (χ4n) is 2.47. The predicted octanol–water partition coefficient (Wildman–Crippen LogP) is 3.10. The van der Waals surface area contributed by atoms with Gasteiger partial charge in [-0.1, -0.05) is 30.3 Å². The maximum Gasteiger partial charge on any atom is 0.123 e. The molecule has 2 aromatic carbocycles. The summed E-state index contributed by atoms with van der Waals surface area (Å²) in [5.41, 5.74) is 1.20. The lowest BCUT2D eigenvalue weighted by atomic mass is 10.0. The van der Waals surface area contributed by atoms with Gasteiger partial charge in [-0.2, -0.15) is 0 Å². The Labute approximate surface area is 120 Å². The van der Waals surface area contributed by atoms with E-state index in [0.29, 0.717) is 6.04 Å². The Kier molecular flexibility index (Phi) is 5.39. The first kappa shape index (κ1) is 14.8. The summed E-state index contributed by atoms with van der Waals surface area (Å²) in [5, 5.41) is 14.8.